The molecule has 148 valence electrons. The second-order valence-electron chi connectivity index (χ2n) is 7.34. The number of nitrogens with zero attached hydrogens (tertiary/aromatic N) is 2. The van der Waals surface area contributed by atoms with Gasteiger partial charge in [0.2, 0.25) is 5.78 Å². The lowest BCUT2D eigenvalue weighted by atomic mass is 9.99. The van der Waals surface area contributed by atoms with Gasteiger partial charge in [-0.2, -0.15) is 0 Å². The van der Waals surface area contributed by atoms with Gasteiger partial charge in [-0.1, -0.05) is 12.1 Å². The summed E-state index contributed by atoms with van der Waals surface area (Å²) in [5.74, 6) is 0.782. The van der Waals surface area contributed by atoms with Gasteiger partial charge in [0.15, 0.2) is 5.76 Å². The molecule has 28 heavy (non-hydrogen) atoms. The maximum absolute atomic E-state index is 12.9. The Morgan fingerprint density at radius 2 is 1.75 bits per heavy atom. The Bertz CT molecular complexity index is 910. The highest BCUT2D eigenvalue weighted by atomic mass is 16.5. The van der Waals surface area contributed by atoms with Crippen LogP contribution in [0.4, 0.5) is 5.69 Å². The van der Waals surface area contributed by atoms with E-state index in [0.29, 0.717) is 29.2 Å². The average Bonchev–Trinajstić information content (AvgIpc) is 2.97. The van der Waals surface area contributed by atoms with Crippen molar-refractivity contribution in [3.8, 4) is 11.5 Å². The van der Waals surface area contributed by atoms with Gasteiger partial charge in [-0.3, -0.25) is 4.79 Å². The Balaban J connectivity index is 1.94. The molecular weight excluding hydrogens is 352 g/mol. The van der Waals surface area contributed by atoms with Crippen LogP contribution in [0.3, 0.4) is 0 Å². The molecule has 0 radical (unpaired) electrons. The third-order valence-corrected chi connectivity index (χ3v) is 5.01. The molecule has 5 heteroatoms. The molecule has 1 aliphatic rings. The summed E-state index contributed by atoms with van der Waals surface area (Å²) < 4.78 is 5.95. The molecule has 0 spiro atoms. The van der Waals surface area contributed by atoms with Gasteiger partial charge in [0, 0.05) is 25.3 Å². The molecule has 0 saturated carbocycles. The molecule has 0 bridgehead atoms. The molecule has 0 saturated heterocycles. The molecule has 5 nitrogen and oxygen atoms in total. The van der Waals surface area contributed by atoms with E-state index in [1.807, 2.05) is 38.1 Å². The number of Topliss-reactive ketones (excluding diaryl/α,β-unsaturated/α-hetero) is 1. The summed E-state index contributed by atoms with van der Waals surface area (Å²) in [6, 6.07) is 9.73. The minimum Gasteiger partial charge on any atom is -0.507 e. The fraction of sp³-hybridized carbons (Fsp3) is 0.348. The van der Waals surface area contributed by atoms with Crippen LogP contribution in [0.2, 0.25) is 0 Å². The molecule has 1 aliphatic heterocycles. The Morgan fingerprint density at radius 3 is 2.32 bits per heavy atom. The topological polar surface area (TPSA) is 53.0 Å². The summed E-state index contributed by atoms with van der Waals surface area (Å²) >= 11 is 0. The van der Waals surface area contributed by atoms with Crippen molar-refractivity contribution in [1.29, 1.82) is 0 Å². The number of phenolic OH excluding ortho intramolecular Hbond substituents is 1. The number of rotatable bonds is 6. The first-order chi connectivity index (χ1) is 13.3. The van der Waals surface area contributed by atoms with Crippen molar-refractivity contribution in [2.45, 2.75) is 27.3 Å². The monoisotopic (exact) mass is 380 g/mol. The van der Waals surface area contributed by atoms with Crippen LogP contribution in [0, 0.1) is 6.92 Å². The number of benzene rings is 2. The number of allylic oxidation sites excluding steroid dienone is 1. The predicted octanol–water partition coefficient (Wildman–Crippen LogP) is 4.22. The lowest BCUT2D eigenvalue weighted by molar-refractivity contribution is 0.101. The Morgan fingerprint density at radius 1 is 1.11 bits per heavy atom. The molecule has 0 aliphatic carbocycles. The van der Waals surface area contributed by atoms with Gasteiger partial charge >= 0.3 is 0 Å². The number of fused-ring (bicyclic) bond motifs is 1. The van der Waals surface area contributed by atoms with E-state index in [1.165, 1.54) is 0 Å². The van der Waals surface area contributed by atoms with Crippen molar-refractivity contribution in [2.24, 2.45) is 0 Å². The van der Waals surface area contributed by atoms with E-state index in [2.05, 4.69) is 30.9 Å². The molecular formula is C23H28N2O3. The SMILES string of the molecule is CCN(CC)c1ccc(/C=C2\Oc3c(CN(C)C)c(O)cc(C)c3C2=O)cc1. The van der Waals surface area contributed by atoms with Crippen molar-refractivity contribution in [2.75, 3.05) is 32.1 Å². The lowest BCUT2D eigenvalue weighted by Gasteiger charge is -2.20. The normalized spacial score (nSPS) is 14.5. The van der Waals surface area contributed by atoms with Gasteiger partial charge < -0.3 is 19.6 Å². The number of phenols is 1. The number of ether oxygens (including phenoxy) is 1. The van der Waals surface area contributed by atoms with Gasteiger partial charge in [-0.25, -0.2) is 0 Å². The van der Waals surface area contributed by atoms with E-state index in [-0.39, 0.29) is 11.5 Å². The van der Waals surface area contributed by atoms with Crippen molar-refractivity contribution >= 4 is 17.5 Å². The number of carbonyl (C=O) groups is 1. The summed E-state index contributed by atoms with van der Waals surface area (Å²) in [5.41, 5.74) is 3.96. The van der Waals surface area contributed by atoms with E-state index in [1.54, 1.807) is 12.1 Å². The largest absolute Gasteiger partial charge is 0.507 e. The summed E-state index contributed by atoms with van der Waals surface area (Å²) in [5, 5.41) is 10.4. The number of aromatic hydroxyl groups is 1. The summed E-state index contributed by atoms with van der Waals surface area (Å²) in [6.45, 7) is 8.47. The van der Waals surface area contributed by atoms with E-state index < -0.39 is 0 Å². The summed E-state index contributed by atoms with van der Waals surface area (Å²) in [4.78, 5) is 17.1. The smallest absolute Gasteiger partial charge is 0.232 e. The zero-order chi connectivity index (χ0) is 20.4. The zero-order valence-electron chi connectivity index (χ0n) is 17.2. The maximum atomic E-state index is 12.9. The number of hydrogen-bond donors (Lipinski definition) is 1. The van der Waals surface area contributed by atoms with Crippen molar-refractivity contribution in [3.05, 3.63) is 58.3 Å². The van der Waals surface area contributed by atoms with Crippen LogP contribution in [0.15, 0.2) is 36.1 Å². The first-order valence-electron chi connectivity index (χ1n) is 9.65. The second kappa shape index (κ2) is 8.07. The maximum Gasteiger partial charge on any atom is 0.232 e. The van der Waals surface area contributed by atoms with Gasteiger partial charge in [-0.05, 0) is 70.3 Å². The molecule has 0 amide bonds. The van der Waals surface area contributed by atoms with Gasteiger partial charge in [0.25, 0.3) is 0 Å². The van der Waals surface area contributed by atoms with Crippen LogP contribution in [0.25, 0.3) is 6.08 Å². The van der Waals surface area contributed by atoms with Crippen LogP contribution in [0.5, 0.6) is 11.5 Å². The molecule has 1 N–H and O–H groups in total. The van der Waals surface area contributed by atoms with Crippen LogP contribution in [-0.2, 0) is 6.54 Å². The van der Waals surface area contributed by atoms with Crippen molar-refractivity contribution in [3.63, 3.8) is 0 Å². The lowest BCUT2D eigenvalue weighted by Crippen LogP contribution is -2.21. The van der Waals surface area contributed by atoms with Crippen molar-refractivity contribution < 1.29 is 14.6 Å². The molecule has 2 aromatic carbocycles. The Labute approximate surface area is 166 Å². The van der Waals surface area contributed by atoms with Crippen molar-refractivity contribution in [1.82, 2.24) is 4.90 Å². The Hall–Kier alpha value is -2.79. The number of hydrogen-bond acceptors (Lipinski definition) is 5. The third-order valence-electron chi connectivity index (χ3n) is 5.01. The second-order valence-corrected chi connectivity index (χ2v) is 7.34. The molecule has 0 fully saturated rings. The molecule has 0 unspecified atom stereocenters. The highest BCUT2D eigenvalue weighted by Gasteiger charge is 2.33. The molecule has 3 rings (SSSR count). The van der Waals surface area contributed by atoms with Crippen LogP contribution < -0.4 is 9.64 Å². The molecule has 2 aromatic rings. The quantitative estimate of drug-likeness (QED) is 0.760. The number of aryl methyl sites for hydroxylation is 1. The number of ketones is 1. The van der Waals surface area contributed by atoms with E-state index in [4.69, 9.17) is 4.74 Å². The average molecular weight is 380 g/mol. The van der Waals surface area contributed by atoms with Crippen LogP contribution in [-0.4, -0.2) is 43.0 Å². The Kier molecular flexibility index (Phi) is 5.75. The number of carbonyl (C=O) groups excluding carboxylic acids is 1. The van der Waals surface area contributed by atoms with E-state index >= 15 is 0 Å². The fourth-order valence-electron chi connectivity index (χ4n) is 3.57. The zero-order valence-corrected chi connectivity index (χ0v) is 17.2. The van der Waals surface area contributed by atoms with Gasteiger partial charge in [0.1, 0.15) is 11.5 Å². The first-order valence-corrected chi connectivity index (χ1v) is 9.65. The number of anilines is 1. The minimum absolute atomic E-state index is 0.139. The predicted molar refractivity (Wildman–Crippen MR) is 113 cm³/mol. The van der Waals surface area contributed by atoms with E-state index in [0.717, 1.165) is 29.9 Å². The van der Waals surface area contributed by atoms with Gasteiger partial charge in [0.05, 0.1) is 11.1 Å². The molecule has 0 aromatic heterocycles. The minimum atomic E-state index is -0.139. The van der Waals surface area contributed by atoms with Crippen LogP contribution >= 0.6 is 0 Å². The molecule has 0 atom stereocenters. The van der Waals surface area contributed by atoms with Gasteiger partial charge in [-0.15, -0.1) is 0 Å². The van der Waals surface area contributed by atoms with E-state index in [9.17, 15) is 9.90 Å². The summed E-state index contributed by atoms with van der Waals surface area (Å²) in [6.07, 6.45) is 1.77. The summed E-state index contributed by atoms with van der Waals surface area (Å²) in [7, 11) is 3.83. The fourth-order valence-corrected chi connectivity index (χ4v) is 3.57. The highest BCUT2D eigenvalue weighted by Crippen LogP contribution is 2.42. The first kappa shape index (κ1) is 20.0. The molecule has 1 heterocycles. The third kappa shape index (κ3) is 3.76. The van der Waals surface area contributed by atoms with Crippen LogP contribution in [0.1, 0.15) is 40.9 Å². The standard InChI is InChI=1S/C23H28N2O3/c1-6-25(7-2)17-10-8-16(9-11-17)13-20-22(27)21-15(3)12-19(26)18(14-24(4)5)23(21)28-20/h8-13,26H,6-7,14H2,1-5H3/b20-13-. The highest BCUT2D eigenvalue weighted by molar-refractivity contribution is 6.15.